The largest absolute Gasteiger partial charge is 0.450 e. The zero-order valence-corrected chi connectivity index (χ0v) is 13.6. The van der Waals surface area contributed by atoms with Crippen LogP contribution >= 0.6 is 45.2 Å². The van der Waals surface area contributed by atoms with E-state index in [0.29, 0.717) is 5.75 Å². The molecule has 0 saturated carbocycles. The Bertz CT molecular complexity index is 649. The van der Waals surface area contributed by atoms with Crippen molar-refractivity contribution in [3.63, 3.8) is 0 Å². The van der Waals surface area contributed by atoms with Crippen molar-refractivity contribution in [3.8, 4) is 11.5 Å². The Morgan fingerprint density at radius 2 is 1.95 bits per heavy atom. The van der Waals surface area contributed by atoms with Crippen LogP contribution in [0.15, 0.2) is 36.4 Å². The van der Waals surface area contributed by atoms with E-state index in [9.17, 15) is 14.5 Å². The molecule has 2 rings (SSSR count). The molecule has 0 unspecified atom stereocenters. The molecule has 98 valence electrons. The van der Waals surface area contributed by atoms with Gasteiger partial charge in [-0.1, -0.05) is 6.07 Å². The molecule has 2 aromatic carbocycles. The van der Waals surface area contributed by atoms with Crippen molar-refractivity contribution in [2.45, 2.75) is 0 Å². The predicted molar refractivity (Wildman–Crippen MR) is 85.0 cm³/mol. The van der Waals surface area contributed by atoms with Crippen LogP contribution in [0, 0.1) is 23.1 Å². The molecule has 0 amide bonds. The lowest BCUT2D eigenvalue weighted by Crippen LogP contribution is -1.96. The molecular formula is C12H6FI2NO3. The number of nitro benzene ring substituents is 1. The number of nitro groups is 1. The summed E-state index contributed by atoms with van der Waals surface area (Å²) in [7, 11) is 0. The van der Waals surface area contributed by atoms with Crippen molar-refractivity contribution < 1.29 is 14.1 Å². The second-order valence-corrected chi connectivity index (χ2v) is 5.96. The first kappa shape index (κ1) is 14.4. The van der Waals surface area contributed by atoms with E-state index >= 15 is 0 Å². The van der Waals surface area contributed by atoms with Gasteiger partial charge in [0.25, 0.3) is 0 Å². The zero-order valence-electron chi connectivity index (χ0n) is 9.27. The van der Waals surface area contributed by atoms with Crippen LogP contribution in [-0.2, 0) is 0 Å². The highest BCUT2D eigenvalue weighted by Crippen LogP contribution is 2.34. The van der Waals surface area contributed by atoms with E-state index in [4.69, 9.17) is 4.74 Å². The van der Waals surface area contributed by atoms with Crippen molar-refractivity contribution in [2.24, 2.45) is 0 Å². The van der Waals surface area contributed by atoms with Crippen molar-refractivity contribution in [1.29, 1.82) is 0 Å². The molecule has 19 heavy (non-hydrogen) atoms. The average molecular weight is 485 g/mol. The highest BCUT2D eigenvalue weighted by Gasteiger charge is 2.19. The van der Waals surface area contributed by atoms with Crippen molar-refractivity contribution in [1.82, 2.24) is 0 Å². The van der Waals surface area contributed by atoms with Crippen LogP contribution in [0.5, 0.6) is 11.5 Å². The monoisotopic (exact) mass is 485 g/mol. The second-order valence-electron chi connectivity index (χ2n) is 3.55. The molecule has 0 heterocycles. The normalized spacial score (nSPS) is 10.3. The Morgan fingerprint density at radius 3 is 2.58 bits per heavy atom. The Kier molecular flexibility index (Phi) is 4.55. The summed E-state index contributed by atoms with van der Waals surface area (Å²) in [6.07, 6.45) is 0. The molecule has 4 nitrogen and oxygen atoms in total. The molecule has 2 aromatic rings. The van der Waals surface area contributed by atoms with E-state index in [0.717, 1.165) is 15.7 Å². The van der Waals surface area contributed by atoms with Gasteiger partial charge in [-0.15, -0.1) is 0 Å². The maximum atomic E-state index is 13.5. The fourth-order valence-electron chi connectivity index (χ4n) is 1.40. The first-order valence-corrected chi connectivity index (χ1v) is 7.20. The predicted octanol–water partition coefficient (Wildman–Crippen LogP) is 4.74. The van der Waals surface area contributed by atoms with E-state index < -0.39 is 10.7 Å². The molecule has 0 aliphatic heterocycles. The molecule has 0 atom stereocenters. The number of ether oxygens (including phenoxy) is 1. The van der Waals surface area contributed by atoms with Crippen LogP contribution in [-0.4, -0.2) is 4.92 Å². The van der Waals surface area contributed by atoms with Gasteiger partial charge in [-0.3, -0.25) is 10.1 Å². The van der Waals surface area contributed by atoms with Gasteiger partial charge in [0.1, 0.15) is 11.6 Å². The van der Waals surface area contributed by atoms with Crippen LogP contribution < -0.4 is 4.74 Å². The number of rotatable bonds is 3. The van der Waals surface area contributed by atoms with E-state index in [2.05, 4.69) is 22.6 Å². The molecule has 0 N–H and O–H groups in total. The summed E-state index contributed by atoms with van der Waals surface area (Å²) < 4.78 is 20.0. The van der Waals surface area contributed by atoms with E-state index in [-0.39, 0.29) is 15.0 Å². The van der Waals surface area contributed by atoms with Gasteiger partial charge in [0, 0.05) is 15.7 Å². The molecule has 0 radical (unpaired) electrons. The molecule has 0 aliphatic rings. The fourth-order valence-corrected chi connectivity index (χ4v) is 2.37. The highest BCUT2D eigenvalue weighted by atomic mass is 127. The Morgan fingerprint density at radius 1 is 1.21 bits per heavy atom. The zero-order chi connectivity index (χ0) is 14.0. The topological polar surface area (TPSA) is 52.4 Å². The van der Waals surface area contributed by atoms with Crippen molar-refractivity contribution >= 4 is 50.9 Å². The molecular weight excluding hydrogens is 479 g/mol. The Labute approximate surface area is 135 Å². The summed E-state index contributed by atoms with van der Waals surface area (Å²) in [5.74, 6) is -0.229. The summed E-state index contributed by atoms with van der Waals surface area (Å²) in [5.41, 5.74) is -0.260. The molecule has 0 aromatic heterocycles. The smallest absolute Gasteiger partial charge is 0.312 e. The van der Waals surface area contributed by atoms with Crippen LogP contribution in [0.4, 0.5) is 10.1 Å². The molecule has 0 spiro atoms. The minimum Gasteiger partial charge on any atom is -0.450 e. The lowest BCUT2D eigenvalue weighted by molar-refractivity contribution is -0.385. The number of hydrogen-bond acceptors (Lipinski definition) is 3. The van der Waals surface area contributed by atoms with Gasteiger partial charge in [-0.25, -0.2) is 4.39 Å². The third-order valence-electron chi connectivity index (χ3n) is 2.22. The Hall–Kier alpha value is -0.970. The highest BCUT2D eigenvalue weighted by molar-refractivity contribution is 14.1. The van der Waals surface area contributed by atoms with Gasteiger partial charge in [-0.2, -0.15) is 0 Å². The third-order valence-corrected chi connectivity index (χ3v) is 3.72. The van der Waals surface area contributed by atoms with Crippen molar-refractivity contribution in [3.05, 3.63) is 59.5 Å². The molecule has 0 fully saturated rings. The van der Waals surface area contributed by atoms with E-state index in [1.54, 1.807) is 40.8 Å². The van der Waals surface area contributed by atoms with Gasteiger partial charge < -0.3 is 4.74 Å². The minimum atomic E-state index is -0.592. The van der Waals surface area contributed by atoms with Gasteiger partial charge >= 0.3 is 5.69 Å². The van der Waals surface area contributed by atoms with E-state index in [1.165, 1.54) is 0 Å². The summed E-state index contributed by atoms with van der Waals surface area (Å²) in [6, 6.07) is 9.16. The summed E-state index contributed by atoms with van der Waals surface area (Å²) in [6.45, 7) is 0. The van der Waals surface area contributed by atoms with Gasteiger partial charge in [0.2, 0.25) is 5.75 Å². The lowest BCUT2D eigenvalue weighted by Gasteiger charge is -2.07. The number of nitrogens with zero attached hydrogens (tertiary/aromatic N) is 1. The average Bonchev–Trinajstić information content (AvgIpc) is 2.33. The number of halogens is 3. The van der Waals surface area contributed by atoms with Crippen molar-refractivity contribution in [2.75, 3.05) is 0 Å². The second kappa shape index (κ2) is 5.99. The minimum absolute atomic E-state index is 0.107. The summed E-state index contributed by atoms with van der Waals surface area (Å²) in [5, 5.41) is 10.9. The SMILES string of the molecule is O=[N+]([O-])c1cc(I)c(F)cc1Oc1cccc(I)c1. The first-order chi connectivity index (χ1) is 8.97. The molecule has 7 heteroatoms. The summed E-state index contributed by atoms with van der Waals surface area (Å²) >= 11 is 3.79. The van der Waals surface area contributed by atoms with Crippen LogP contribution in [0.25, 0.3) is 0 Å². The van der Waals surface area contributed by atoms with E-state index in [1.807, 2.05) is 6.07 Å². The molecule has 0 saturated heterocycles. The van der Waals surface area contributed by atoms with Crippen LogP contribution in [0.1, 0.15) is 0 Å². The summed E-state index contributed by atoms with van der Waals surface area (Å²) in [4.78, 5) is 10.3. The third kappa shape index (κ3) is 3.53. The molecule has 0 bridgehead atoms. The van der Waals surface area contributed by atoms with Gasteiger partial charge in [0.05, 0.1) is 8.49 Å². The molecule has 0 aliphatic carbocycles. The quantitative estimate of drug-likeness (QED) is 0.359. The number of hydrogen-bond donors (Lipinski definition) is 0. The van der Waals surface area contributed by atoms with Gasteiger partial charge in [0.15, 0.2) is 0 Å². The van der Waals surface area contributed by atoms with Crippen LogP contribution in [0.2, 0.25) is 0 Å². The maximum absolute atomic E-state index is 13.5. The Balaban J connectivity index is 2.44. The lowest BCUT2D eigenvalue weighted by atomic mass is 10.3. The standard InChI is InChI=1S/C12H6FI2NO3/c13-9-5-12(11(16(17)18)6-10(9)15)19-8-3-1-2-7(14)4-8/h1-6H. The van der Waals surface area contributed by atoms with Crippen LogP contribution in [0.3, 0.4) is 0 Å². The van der Waals surface area contributed by atoms with Gasteiger partial charge in [-0.05, 0) is 63.4 Å². The maximum Gasteiger partial charge on any atom is 0.312 e. The fraction of sp³-hybridized carbons (Fsp3) is 0. The first-order valence-electron chi connectivity index (χ1n) is 5.04. The number of benzene rings is 2.